The Kier molecular flexibility index (Phi) is 7.08. The third kappa shape index (κ3) is 4.97. The van der Waals surface area contributed by atoms with Crippen LogP contribution in [0.15, 0.2) is 16.3 Å². The summed E-state index contributed by atoms with van der Waals surface area (Å²) in [6, 6.07) is -0.269. The van der Waals surface area contributed by atoms with Crippen LogP contribution in [-0.4, -0.2) is 47.4 Å². The van der Waals surface area contributed by atoms with E-state index in [-0.39, 0.29) is 42.6 Å². The van der Waals surface area contributed by atoms with E-state index in [1.807, 2.05) is 6.92 Å². The van der Waals surface area contributed by atoms with Gasteiger partial charge in [0.05, 0.1) is 31.8 Å². The number of aliphatic imine (C=N–C) groups is 1. The minimum Gasteiger partial charge on any atom is -0.511 e. The van der Waals surface area contributed by atoms with E-state index < -0.39 is 5.97 Å². The Morgan fingerprint density at radius 3 is 2.67 bits per heavy atom. The zero-order valence-corrected chi connectivity index (χ0v) is 12.6. The van der Waals surface area contributed by atoms with Gasteiger partial charge in [0.25, 0.3) is 0 Å². The van der Waals surface area contributed by atoms with Gasteiger partial charge in [0.15, 0.2) is 5.78 Å². The number of carbonyl (C=O) groups is 2. The summed E-state index contributed by atoms with van der Waals surface area (Å²) in [7, 11) is 1.28. The average molecular weight is 297 g/mol. The molecule has 6 nitrogen and oxygen atoms in total. The molecule has 1 fully saturated rings. The summed E-state index contributed by atoms with van der Waals surface area (Å²) >= 11 is 0. The van der Waals surface area contributed by atoms with Crippen LogP contribution in [0.2, 0.25) is 0 Å². The van der Waals surface area contributed by atoms with Gasteiger partial charge in [-0.1, -0.05) is 6.92 Å². The second-order valence-corrected chi connectivity index (χ2v) is 4.99. The van der Waals surface area contributed by atoms with Gasteiger partial charge in [0, 0.05) is 18.6 Å². The molecule has 0 aromatic carbocycles. The van der Waals surface area contributed by atoms with E-state index in [0.29, 0.717) is 31.4 Å². The van der Waals surface area contributed by atoms with E-state index in [2.05, 4.69) is 9.73 Å². The molecule has 0 saturated heterocycles. The van der Waals surface area contributed by atoms with Crippen molar-refractivity contribution in [3.8, 4) is 0 Å². The highest BCUT2D eigenvalue weighted by molar-refractivity contribution is 6.24. The molecule has 6 heteroatoms. The van der Waals surface area contributed by atoms with Gasteiger partial charge < -0.3 is 14.9 Å². The molecule has 1 aliphatic rings. The first kappa shape index (κ1) is 17.4. The number of rotatable bonds is 6. The lowest BCUT2D eigenvalue weighted by molar-refractivity contribution is -0.140. The Hall–Kier alpha value is -1.69. The summed E-state index contributed by atoms with van der Waals surface area (Å²) in [5, 5.41) is 19.3. The maximum Gasteiger partial charge on any atom is 0.305 e. The number of methoxy groups -OCH3 is 1. The van der Waals surface area contributed by atoms with Crippen molar-refractivity contribution in [3.05, 3.63) is 11.3 Å². The lowest BCUT2D eigenvalue weighted by Crippen LogP contribution is -2.24. The van der Waals surface area contributed by atoms with Gasteiger partial charge in [-0.15, -0.1) is 0 Å². The summed E-state index contributed by atoms with van der Waals surface area (Å²) in [5.74, 6) is -0.711. The van der Waals surface area contributed by atoms with Crippen molar-refractivity contribution < 1.29 is 24.5 Å². The summed E-state index contributed by atoms with van der Waals surface area (Å²) in [4.78, 5) is 27.6. The Balaban J connectivity index is 2.99. The van der Waals surface area contributed by atoms with E-state index in [0.717, 1.165) is 0 Å². The number of aliphatic hydroxyl groups excluding tert-OH is 2. The van der Waals surface area contributed by atoms with E-state index in [1.165, 1.54) is 7.11 Å². The minimum atomic E-state index is -0.439. The molecule has 118 valence electrons. The van der Waals surface area contributed by atoms with Crippen molar-refractivity contribution in [1.82, 2.24) is 0 Å². The maximum atomic E-state index is 12.0. The number of nitrogens with zero attached hydrogens (tertiary/aromatic N) is 1. The van der Waals surface area contributed by atoms with Crippen LogP contribution in [0.25, 0.3) is 0 Å². The summed E-state index contributed by atoms with van der Waals surface area (Å²) in [6.45, 7) is 1.81. The monoisotopic (exact) mass is 297 g/mol. The van der Waals surface area contributed by atoms with E-state index in [1.54, 1.807) is 0 Å². The Morgan fingerprint density at radius 2 is 2.10 bits per heavy atom. The molecule has 1 aliphatic carbocycles. The fourth-order valence-electron chi connectivity index (χ4n) is 2.21. The Labute approximate surface area is 124 Å². The van der Waals surface area contributed by atoms with Gasteiger partial charge in [-0.3, -0.25) is 14.6 Å². The molecule has 0 bridgehead atoms. The van der Waals surface area contributed by atoms with Crippen LogP contribution in [0.3, 0.4) is 0 Å². The van der Waals surface area contributed by atoms with Gasteiger partial charge in [-0.05, 0) is 19.3 Å². The standard InChI is InChI=1S/C15H23NO5/c1-3-10(9-17)16-11-5-4-6-12(18)15(11)13(19)7-8-14(20)21-2/h10,17,19H,3-9H2,1-2H3. The highest BCUT2D eigenvalue weighted by atomic mass is 16.5. The Bertz CT molecular complexity index is 449. The molecule has 0 spiro atoms. The second kappa shape index (κ2) is 8.56. The lowest BCUT2D eigenvalue weighted by Gasteiger charge is -2.19. The van der Waals surface area contributed by atoms with Gasteiger partial charge in [0.2, 0.25) is 0 Å². The topological polar surface area (TPSA) is 96.2 Å². The molecular weight excluding hydrogens is 274 g/mol. The SMILES string of the molecule is CCC(CO)N=C1CCCC(=O)C1=C(O)CCC(=O)OC. The Morgan fingerprint density at radius 1 is 1.38 bits per heavy atom. The summed E-state index contributed by atoms with van der Waals surface area (Å²) in [6.07, 6.45) is 2.39. The molecule has 0 amide bonds. The number of ketones is 1. The van der Waals surface area contributed by atoms with Gasteiger partial charge in [0.1, 0.15) is 5.76 Å². The van der Waals surface area contributed by atoms with Crippen LogP contribution in [0.5, 0.6) is 0 Å². The van der Waals surface area contributed by atoms with Crippen molar-refractivity contribution in [3.63, 3.8) is 0 Å². The fourth-order valence-corrected chi connectivity index (χ4v) is 2.21. The number of Topliss-reactive ketones (excluding diaryl/α,β-unsaturated/α-hetero) is 1. The highest BCUT2D eigenvalue weighted by Gasteiger charge is 2.26. The van der Waals surface area contributed by atoms with Crippen molar-refractivity contribution in [2.75, 3.05) is 13.7 Å². The van der Waals surface area contributed by atoms with Crippen LogP contribution >= 0.6 is 0 Å². The number of hydrogen-bond donors (Lipinski definition) is 2. The molecule has 2 N–H and O–H groups in total. The predicted molar refractivity (Wildman–Crippen MR) is 78.4 cm³/mol. The van der Waals surface area contributed by atoms with Gasteiger partial charge >= 0.3 is 5.97 Å². The van der Waals surface area contributed by atoms with Crippen molar-refractivity contribution in [1.29, 1.82) is 0 Å². The van der Waals surface area contributed by atoms with Crippen LogP contribution in [-0.2, 0) is 14.3 Å². The first-order valence-corrected chi connectivity index (χ1v) is 7.23. The third-order valence-electron chi connectivity index (χ3n) is 3.49. The molecule has 21 heavy (non-hydrogen) atoms. The number of ether oxygens (including phenoxy) is 1. The number of aliphatic hydroxyl groups is 2. The number of esters is 1. The quantitative estimate of drug-likeness (QED) is 0.442. The molecule has 1 rings (SSSR count). The molecular formula is C15H23NO5. The van der Waals surface area contributed by atoms with E-state index in [4.69, 9.17) is 0 Å². The number of allylic oxidation sites excluding steroid dienone is 2. The number of carbonyl (C=O) groups excluding carboxylic acids is 2. The van der Waals surface area contributed by atoms with E-state index in [9.17, 15) is 19.8 Å². The zero-order chi connectivity index (χ0) is 15.8. The molecule has 0 aliphatic heterocycles. The molecule has 1 atom stereocenters. The van der Waals surface area contributed by atoms with Gasteiger partial charge in [-0.2, -0.15) is 0 Å². The predicted octanol–water partition coefficient (Wildman–Crippen LogP) is 1.72. The second-order valence-electron chi connectivity index (χ2n) is 4.99. The molecule has 0 aromatic heterocycles. The van der Waals surface area contributed by atoms with Crippen LogP contribution < -0.4 is 0 Å². The van der Waals surface area contributed by atoms with Crippen LogP contribution in [0, 0.1) is 0 Å². The van der Waals surface area contributed by atoms with Crippen molar-refractivity contribution >= 4 is 17.5 Å². The zero-order valence-electron chi connectivity index (χ0n) is 12.6. The molecule has 0 radical (unpaired) electrons. The lowest BCUT2D eigenvalue weighted by atomic mass is 9.89. The first-order chi connectivity index (χ1) is 10.0. The van der Waals surface area contributed by atoms with Gasteiger partial charge in [-0.25, -0.2) is 0 Å². The first-order valence-electron chi connectivity index (χ1n) is 7.23. The molecule has 1 saturated carbocycles. The minimum absolute atomic E-state index is 0.0175. The normalized spacial score (nSPS) is 21.3. The smallest absolute Gasteiger partial charge is 0.305 e. The molecule has 1 unspecified atom stereocenters. The summed E-state index contributed by atoms with van der Waals surface area (Å²) in [5.41, 5.74) is 0.756. The average Bonchev–Trinajstić information content (AvgIpc) is 2.49. The van der Waals surface area contributed by atoms with Crippen LogP contribution in [0.4, 0.5) is 0 Å². The third-order valence-corrected chi connectivity index (χ3v) is 3.49. The molecule has 0 heterocycles. The highest BCUT2D eigenvalue weighted by Crippen LogP contribution is 2.23. The number of hydrogen-bond acceptors (Lipinski definition) is 6. The maximum absolute atomic E-state index is 12.0. The van der Waals surface area contributed by atoms with E-state index >= 15 is 0 Å². The molecule has 0 aromatic rings. The fraction of sp³-hybridized carbons (Fsp3) is 0.667. The van der Waals surface area contributed by atoms with Crippen molar-refractivity contribution in [2.24, 2.45) is 4.99 Å². The largest absolute Gasteiger partial charge is 0.511 e. The summed E-state index contributed by atoms with van der Waals surface area (Å²) < 4.78 is 4.52. The van der Waals surface area contributed by atoms with Crippen LogP contribution in [0.1, 0.15) is 45.4 Å². The van der Waals surface area contributed by atoms with Crippen molar-refractivity contribution in [2.45, 2.75) is 51.5 Å².